The fourth-order valence-corrected chi connectivity index (χ4v) is 2.01. The molecule has 2 aromatic rings. The van der Waals surface area contributed by atoms with Crippen molar-refractivity contribution in [2.24, 2.45) is 0 Å². The molecule has 2 N–H and O–H groups in total. The normalized spacial score (nSPS) is 10.3. The molecular weight excluding hydrogens is 313 g/mol. The minimum atomic E-state index is -0.342. The first-order valence-electron chi connectivity index (χ1n) is 5.65. The largest absolute Gasteiger partial charge is 0.508 e. The Bertz CT molecular complexity index is 590. The van der Waals surface area contributed by atoms with E-state index in [1.807, 2.05) is 0 Å². The van der Waals surface area contributed by atoms with E-state index in [-0.39, 0.29) is 11.6 Å². The van der Waals surface area contributed by atoms with Crippen molar-refractivity contribution in [2.75, 3.05) is 12.4 Å². The van der Waals surface area contributed by atoms with Crippen LogP contribution in [0.15, 0.2) is 40.9 Å². The van der Waals surface area contributed by atoms with Crippen LogP contribution in [-0.2, 0) is 6.54 Å². The second-order valence-electron chi connectivity index (χ2n) is 3.97. The van der Waals surface area contributed by atoms with Crippen LogP contribution < -0.4 is 10.1 Å². The predicted octanol–water partition coefficient (Wildman–Crippen LogP) is 3.91. The Balaban J connectivity index is 2.16. The molecule has 0 radical (unpaired) electrons. The van der Waals surface area contributed by atoms with E-state index < -0.39 is 0 Å². The number of nitrogens with one attached hydrogen (secondary N) is 1. The molecule has 0 heterocycles. The topological polar surface area (TPSA) is 41.5 Å². The highest BCUT2D eigenvalue weighted by Gasteiger charge is 2.06. The smallest absolute Gasteiger partial charge is 0.146 e. The molecule has 2 aromatic carbocycles. The lowest BCUT2D eigenvalue weighted by atomic mass is 10.2. The highest BCUT2D eigenvalue weighted by molar-refractivity contribution is 9.10. The van der Waals surface area contributed by atoms with E-state index in [0.29, 0.717) is 23.5 Å². The van der Waals surface area contributed by atoms with Gasteiger partial charge in [0.2, 0.25) is 0 Å². The Morgan fingerprint density at radius 3 is 2.79 bits per heavy atom. The molecule has 0 spiro atoms. The van der Waals surface area contributed by atoms with Crippen molar-refractivity contribution in [3.05, 3.63) is 52.3 Å². The van der Waals surface area contributed by atoms with Gasteiger partial charge in [-0.2, -0.15) is 0 Å². The van der Waals surface area contributed by atoms with Gasteiger partial charge in [0.1, 0.15) is 17.3 Å². The van der Waals surface area contributed by atoms with E-state index in [1.54, 1.807) is 37.4 Å². The van der Waals surface area contributed by atoms with Crippen LogP contribution in [0, 0.1) is 5.82 Å². The summed E-state index contributed by atoms with van der Waals surface area (Å²) >= 11 is 3.28. The van der Waals surface area contributed by atoms with E-state index >= 15 is 0 Å². The predicted molar refractivity (Wildman–Crippen MR) is 76.1 cm³/mol. The lowest BCUT2D eigenvalue weighted by Crippen LogP contribution is -2.02. The fourth-order valence-electron chi connectivity index (χ4n) is 1.65. The molecule has 0 amide bonds. The molecule has 0 atom stereocenters. The lowest BCUT2D eigenvalue weighted by Gasteiger charge is -2.10. The van der Waals surface area contributed by atoms with Crippen LogP contribution in [0.5, 0.6) is 11.5 Å². The molecule has 0 saturated carbocycles. The second-order valence-corrected chi connectivity index (χ2v) is 4.89. The summed E-state index contributed by atoms with van der Waals surface area (Å²) in [7, 11) is 1.55. The lowest BCUT2D eigenvalue weighted by molar-refractivity contribution is 0.411. The average molecular weight is 326 g/mol. The van der Waals surface area contributed by atoms with Gasteiger partial charge in [-0.1, -0.05) is 15.9 Å². The third kappa shape index (κ3) is 3.38. The summed E-state index contributed by atoms with van der Waals surface area (Å²) in [6.45, 7) is 0.302. The number of methoxy groups -OCH3 is 1. The summed E-state index contributed by atoms with van der Waals surface area (Å²) in [5.74, 6) is 0.443. The quantitative estimate of drug-likeness (QED) is 0.895. The highest BCUT2D eigenvalue weighted by atomic mass is 79.9. The summed E-state index contributed by atoms with van der Waals surface area (Å²) < 4.78 is 19.4. The molecule has 0 aliphatic carbocycles. The van der Waals surface area contributed by atoms with Gasteiger partial charge in [-0.05, 0) is 36.4 Å². The molecule has 100 valence electrons. The first kappa shape index (κ1) is 13.7. The van der Waals surface area contributed by atoms with Gasteiger partial charge >= 0.3 is 0 Å². The van der Waals surface area contributed by atoms with E-state index in [1.165, 1.54) is 6.07 Å². The fraction of sp³-hybridized carbons (Fsp3) is 0.143. The second kappa shape index (κ2) is 5.93. The standard InChI is InChI=1S/C14H13BrFNO2/c1-19-11-3-5-14(18)9(6-11)8-17-13-7-10(15)2-4-12(13)16/h2-7,17-18H,8H2,1H3. The molecule has 0 aromatic heterocycles. The minimum Gasteiger partial charge on any atom is -0.508 e. The van der Waals surface area contributed by atoms with Crippen molar-refractivity contribution in [3.8, 4) is 11.5 Å². The average Bonchev–Trinajstić information content (AvgIpc) is 2.41. The number of benzene rings is 2. The molecular formula is C14H13BrFNO2. The van der Waals surface area contributed by atoms with Crippen LogP contribution in [0.3, 0.4) is 0 Å². The number of phenols is 1. The summed E-state index contributed by atoms with van der Waals surface area (Å²) in [4.78, 5) is 0. The van der Waals surface area contributed by atoms with E-state index in [2.05, 4.69) is 21.2 Å². The number of rotatable bonds is 4. The third-order valence-corrected chi connectivity index (χ3v) is 3.18. The zero-order chi connectivity index (χ0) is 13.8. The van der Waals surface area contributed by atoms with Crippen LogP contribution in [0.2, 0.25) is 0 Å². The first-order chi connectivity index (χ1) is 9.10. The Labute approximate surface area is 119 Å². The van der Waals surface area contributed by atoms with Crippen LogP contribution in [0.1, 0.15) is 5.56 Å². The van der Waals surface area contributed by atoms with Crippen LogP contribution in [0.4, 0.5) is 10.1 Å². The zero-order valence-electron chi connectivity index (χ0n) is 10.3. The summed E-state index contributed by atoms with van der Waals surface area (Å²) in [5, 5.41) is 12.7. The Morgan fingerprint density at radius 1 is 1.26 bits per heavy atom. The molecule has 0 unspecified atom stereocenters. The van der Waals surface area contributed by atoms with Crippen molar-refractivity contribution in [1.82, 2.24) is 0 Å². The Hall–Kier alpha value is -1.75. The molecule has 19 heavy (non-hydrogen) atoms. The molecule has 0 aliphatic rings. The van der Waals surface area contributed by atoms with Gasteiger partial charge in [-0.25, -0.2) is 4.39 Å². The van der Waals surface area contributed by atoms with Gasteiger partial charge < -0.3 is 15.2 Å². The maximum absolute atomic E-state index is 13.5. The van der Waals surface area contributed by atoms with Crippen molar-refractivity contribution in [3.63, 3.8) is 0 Å². The van der Waals surface area contributed by atoms with Gasteiger partial charge in [0, 0.05) is 16.6 Å². The number of ether oxygens (including phenoxy) is 1. The molecule has 2 rings (SSSR count). The number of phenolic OH excluding ortho intramolecular Hbond substituents is 1. The van der Waals surface area contributed by atoms with Crippen LogP contribution in [-0.4, -0.2) is 12.2 Å². The van der Waals surface area contributed by atoms with Gasteiger partial charge in [0.15, 0.2) is 0 Å². The first-order valence-corrected chi connectivity index (χ1v) is 6.44. The zero-order valence-corrected chi connectivity index (χ0v) is 11.9. The van der Waals surface area contributed by atoms with Crippen LogP contribution in [0.25, 0.3) is 0 Å². The van der Waals surface area contributed by atoms with E-state index in [9.17, 15) is 9.50 Å². The third-order valence-electron chi connectivity index (χ3n) is 2.68. The number of anilines is 1. The van der Waals surface area contributed by atoms with E-state index in [4.69, 9.17) is 4.74 Å². The summed E-state index contributed by atoms with van der Waals surface area (Å²) in [5.41, 5.74) is 1.01. The Morgan fingerprint density at radius 2 is 2.05 bits per heavy atom. The number of hydrogen-bond donors (Lipinski definition) is 2. The number of aromatic hydroxyl groups is 1. The maximum atomic E-state index is 13.5. The van der Waals surface area contributed by atoms with Gasteiger partial charge in [-0.3, -0.25) is 0 Å². The SMILES string of the molecule is COc1ccc(O)c(CNc2cc(Br)ccc2F)c1. The van der Waals surface area contributed by atoms with Crippen molar-refractivity contribution >= 4 is 21.6 Å². The molecule has 0 aliphatic heterocycles. The number of hydrogen-bond acceptors (Lipinski definition) is 3. The molecule has 5 heteroatoms. The summed E-state index contributed by atoms with van der Waals surface area (Å²) in [6, 6.07) is 9.57. The maximum Gasteiger partial charge on any atom is 0.146 e. The van der Waals surface area contributed by atoms with E-state index in [0.717, 1.165) is 4.47 Å². The van der Waals surface area contributed by atoms with Gasteiger partial charge in [0.25, 0.3) is 0 Å². The highest BCUT2D eigenvalue weighted by Crippen LogP contribution is 2.25. The molecule has 0 bridgehead atoms. The number of halogens is 2. The van der Waals surface area contributed by atoms with Gasteiger partial charge in [0.05, 0.1) is 12.8 Å². The van der Waals surface area contributed by atoms with Crippen molar-refractivity contribution in [1.29, 1.82) is 0 Å². The Kier molecular flexibility index (Phi) is 4.27. The molecule has 0 fully saturated rings. The monoisotopic (exact) mass is 325 g/mol. The van der Waals surface area contributed by atoms with Crippen molar-refractivity contribution in [2.45, 2.75) is 6.54 Å². The van der Waals surface area contributed by atoms with Gasteiger partial charge in [-0.15, -0.1) is 0 Å². The minimum absolute atomic E-state index is 0.142. The van der Waals surface area contributed by atoms with Crippen LogP contribution >= 0.6 is 15.9 Å². The molecule has 0 saturated heterocycles. The van der Waals surface area contributed by atoms with Crippen molar-refractivity contribution < 1.29 is 14.2 Å². The molecule has 3 nitrogen and oxygen atoms in total. The summed E-state index contributed by atoms with van der Waals surface area (Å²) in [6.07, 6.45) is 0.